The van der Waals surface area contributed by atoms with Gasteiger partial charge in [-0.05, 0) is 47.5 Å². The summed E-state index contributed by atoms with van der Waals surface area (Å²) in [5.74, 6) is -0.519. The number of amides is 3. The van der Waals surface area contributed by atoms with Crippen LogP contribution in [-0.2, 0) is 20.9 Å². The highest BCUT2D eigenvalue weighted by atomic mass is 35.5. The van der Waals surface area contributed by atoms with Crippen molar-refractivity contribution in [2.24, 2.45) is 5.73 Å². The Kier molecular flexibility index (Phi) is 8.88. The van der Waals surface area contributed by atoms with Gasteiger partial charge in [0, 0.05) is 10.7 Å². The number of carbonyl (C=O) groups is 3. The minimum atomic E-state index is -0.790. The summed E-state index contributed by atoms with van der Waals surface area (Å²) >= 11 is 5.87. The number of ether oxygens (including phenoxy) is 2. The smallest absolute Gasteiger partial charge is 0.312 e. The molecule has 0 aliphatic rings. The van der Waals surface area contributed by atoms with Crippen LogP contribution in [0.5, 0.6) is 5.75 Å². The van der Waals surface area contributed by atoms with Gasteiger partial charge in [0.2, 0.25) is 0 Å². The molecule has 0 radical (unpaired) electrons. The quantitative estimate of drug-likeness (QED) is 0.375. The number of halogens is 1. The van der Waals surface area contributed by atoms with Gasteiger partial charge in [0.15, 0.2) is 6.61 Å². The predicted molar refractivity (Wildman–Crippen MR) is 128 cm³/mol. The number of benzene rings is 3. The molecule has 0 aliphatic carbocycles. The Labute approximate surface area is 202 Å². The van der Waals surface area contributed by atoms with E-state index in [4.69, 9.17) is 26.8 Å². The number of urea groups is 1. The first kappa shape index (κ1) is 24.6. The average Bonchev–Trinajstić information content (AvgIpc) is 2.83. The number of hydrogen-bond donors (Lipinski definition) is 3. The standard InChI is InChI=1S/C25H24ClN3O5/c26-19-8-6-18(7-9-19)22(29-25(27)32)14-24(31)34-16-23(30)28-20-10-12-21(13-11-20)33-15-17-4-2-1-3-5-17/h1-13,22H,14-16H2,(H,28,30)(H3,27,29,32). The van der Waals surface area contributed by atoms with Gasteiger partial charge in [-0.1, -0.05) is 54.1 Å². The van der Waals surface area contributed by atoms with Gasteiger partial charge >= 0.3 is 12.0 Å². The van der Waals surface area contributed by atoms with Gasteiger partial charge in [0.05, 0.1) is 12.5 Å². The largest absolute Gasteiger partial charge is 0.489 e. The number of anilines is 1. The fourth-order valence-corrected chi connectivity index (χ4v) is 3.19. The highest BCUT2D eigenvalue weighted by molar-refractivity contribution is 6.30. The van der Waals surface area contributed by atoms with E-state index in [-0.39, 0.29) is 6.42 Å². The predicted octanol–water partition coefficient (Wildman–Crippen LogP) is 4.20. The maximum atomic E-state index is 12.2. The van der Waals surface area contributed by atoms with E-state index >= 15 is 0 Å². The molecule has 3 rings (SSSR count). The van der Waals surface area contributed by atoms with E-state index in [0.717, 1.165) is 5.56 Å². The molecule has 176 valence electrons. The lowest BCUT2D eigenvalue weighted by atomic mass is 10.0. The van der Waals surface area contributed by atoms with Crippen LogP contribution in [-0.4, -0.2) is 24.5 Å². The zero-order chi connectivity index (χ0) is 24.3. The van der Waals surface area contributed by atoms with Gasteiger partial charge in [-0.3, -0.25) is 9.59 Å². The highest BCUT2D eigenvalue weighted by Gasteiger charge is 2.19. The third kappa shape index (κ3) is 8.14. The number of rotatable bonds is 10. The number of nitrogens with one attached hydrogen (secondary N) is 2. The van der Waals surface area contributed by atoms with Gasteiger partial charge in [-0.2, -0.15) is 0 Å². The van der Waals surface area contributed by atoms with Crippen molar-refractivity contribution >= 4 is 35.2 Å². The number of primary amides is 1. The molecule has 0 spiro atoms. The summed E-state index contributed by atoms with van der Waals surface area (Å²) in [5, 5.41) is 5.64. The molecule has 0 saturated carbocycles. The van der Waals surface area contributed by atoms with E-state index in [1.807, 2.05) is 30.3 Å². The molecular formula is C25H24ClN3O5. The summed E-state index contributed by atoms with van der Waals surface area (Å²) in [6.45, 7) is -0.0425. The first-order valence-electron chi connectivity index (χ1n) is 10.4. The molecule has 0 bridgehead atoms. The van der Waals surface area contributed by atoms with E-state index in [9.17, 15) is 14.4 Å². The lowest BCUT2D eigenvalue weighted by Gasteiger charge is -2.17. The molecule has 34 heavy (non-hydrogen) atoms. The van der Waals surface area contributed by atoms with Crippen LogP contribution in [0.3, 0.4) is 0 Å². The SMILES string of the molecule is NC(=O)NC(CC(=O)OCC(=O)Nc1ccc(OCc2ccccc2)cc1)c1ccc(Cl)cc1. The summed E-state index contributed by atoms with van der Waals surface area (Å²) in [6, 6.07) is 21.7. The van der Waals surface area contributed by atoms with Crippen molar-refractivity contribution in [3.05, 3.63) is 95.0 Å². The topological polar surface area (TPSA) is 120 Å². The third-order valence-corrected chi connectivity index (χ3v) is 4.96. The van der Waals surface area contributed by atoms with Crippen molar-refractivity contribution in [1.29, 1.82) is 0 Å². The van der Waals surface area contributed by atoms with Crippen LogP contribution in [0.4, 0.5) is 10.5 Å². The second-order valence-corrected chi connectivity index (χ2v) is 7.76. The van der Waals surface area contributed by atoms with Gasteiger partial charge in [-0.25, -0.2) is 4.79 Å². The van der Waals surface area contributed by atoms with Crippen LogP contribution >= 0.6 is 11.6 Å². The van der Waals surface area contributed by atoms with Crippen molar-refractivity contribution in [2.45, 2.75) is 19.1 Å². The molecule has 1 atom stereocenters. The zero-order valence-corrected chi connectivity index (χ0v) is 19.0. The third-order valence-electron chi connectivity index (χ3n) is 4.71. The molecule has 0 heterocycles. The molecule has 0 saturated heterocycles. The van der Waals surface area contributed by atoms with Gasteiger partial charge in [0.1, 0.15) is 12.4 Å². The van der Waals surface area contributed by atoms with Crippen molar-refractivity contribution < 1.29 is 23.9 Å². The van der Waals surface area contributed by atoms with Crippen molar-refractivity contribution in [3.8, 4) is 5.75 Å². The molecule has 1 unspecified atom stereocenters. The second kappa shape index (κ2) is 12.3. The summed E-state index contributed by atoms with van der Waals surface area (Å²) in [7, 11) is 0. The average molecular weight is 482 g/mol. The Morgan fingerprint density at radius 1 is 0.912 bits per heavy atom. The molecule has 9 heteroatoms. The van der Waals surface area contributed by atoms with Crippen molar-refractivity contribution in [1.82, 2.24) is 5.32 Å². The monoisotopic (exact) mass is 481 g/mol. The normalized spacial score (nSPS) is 11.2. The zero-order valence-electron chi connectivity index (χ0n) is 18.2. The maximum Gasteiger partial charge on any atom is 0.312 e. The first-order chi connectivity index (χ1) is 16.4. The summed E-state index contributed by atoms with van der Waals surface area (Å²) in [5.41, 5.74) is 7.40. The fraction of sp³-hybridized carbons (Fsp3) is 0.160. The lowest BCUT2D eigenvalue weighted by Crippen LogP contribution is -2.35. The van der Waals surface area contributed by atoms with Crippen LogP contribution in [0.15, 0.2) is 78.9 Å². The Bertz CT molecular complexity index is 1110. The highest BCUT2D eigenvalue weighted by Crippen LogP contribution is 2.20. The van der Waals surface area contributed by atoms with Gasteiger partial charge in [0.25, 0.3) is 5.91 Å². The molecule has 3 amide bonds. The second-order valence-electron chi connectivity index (χ2n) is 7.32. The van der Waals surface area contributed by atoms with Crippen LogP contribution in [0.25, 0.3) is 0 Å². The molecule has 0 aromatic heterocycles. The van der Waals surface area contributed by atoms with Crippen LogP contribution in [0, 0.1) is 0 Å². The first-order valence-corrected chi connectivity index (χ1v) is 10.8. The molecule has 8 nitrogen and oxygen atoms in total. The number of nitrogens with two attached hydrogens (primary N) is 1. The fourth-order valence-electron chi connectivity index (χ4n) is 3.06. The van der Waals surface area contributed by atoms with E-state index < -0.39 is 30.6 Å². The minimum absolute atomic E-state index is 0.203. The molecular weight excluding hydrogens is 458 g/mol. The van der Waals surface area contributed by atoms with Crippen molar-refractivity contribution in [3.63, 3.8) is 0 Å². The van der Waals surface area contributed by atoms with E-state index in [1.165, 1.54) is 0 Å². The number of carbonyl (C=O) groups excluding carboxylic acids is 3. The maximum absolute atomic E-state index is 12.2. The minimum Gasteiger partial charge on any atom is -0.489 e. The number of hydrogen-bond acceptors (Lipinski definition) is 5. The summed E-state index contributed by atoms with van der Waals surface area (Å²) < 4.78 is 10.8. The van der Waals surface area contributed by atoms with E-state index in [0.29, 0.717) is 28.6 Å². The molecule has 3 aromatic carbocycles. The Morgan fingerprint density at radius 3 is 2.24 bits per heavy atom. The van der Waals surface area contributed by atoms with E-state index in [2.05, 4.69) is 10.6 Å². The number of esters is 1. The summed E-state index contributed by atoms with van der Waals surface area (Å²) in [4.78, 5) is 35.7. The Morgan fingerprint density at radius 2 is 1.59 bits per heavy atom. The Hall–Kier alpha value is -4.04. The van der Waals surface area contributed by atoms with Crippen LogP contribution in [0.1, 0.15) is 23.6 Å². The molecule has 0 fully saturated rings. The van der Waals surface area contributed by atoms with Gasteiger partial charge in [-0.15, -0.1) is 0 Å². The van der Waals surface area contributed by atoms with E-state index in [1.54, 1.807) is 48.5 Å². The molecule has 0 aliphatic heterocycles. The molecule has 3 aromatic rings. The van der Waals surface area contributed by atoms with Crippen LogP contribution < -0.4 is 21.1 Å². The lowest BCUT2D eigenvalue weighted by molar-refractivity contribution is -0.147. The van der Waals surface area contributed by atoms with Crippen LogP contribution in [0.2, 0.25) is 5.02 Å². The van der Waals surface area contributed by atoms with Crippen molar-refractivity contribution in [2.75, 3.05) is 11.9 Å². The molecule has 4 N–H and O–H groups in total. The van der Waals surface area contributed by atoms with Gasteiger partial charge < -0.3 is 25.8 Å². The Balaban J connectivity index is 1.45. The summed E-state index contributed by atoms with van der Waals surface area (Å²) in [6.07, 6.45) is -0.203.